The number of hydrogen-bond donors (Lipinski definition) is 2. The molecule has 1 amide bonds. The van der Waals surface area contributed by atoms with Crippen LogP contribution in [0.25, 0.3) is 0 Å². The van der Waals surface area contributed by atoms with Crippen LogP contribution in [0.3, 0.4) is 0 Å². The molecule has 0 aromatic heterocycles. The van der Waals surface area contributed by atoms with Gasteiger partial charge in [-0.25, -0.2) is 4.79 Å². The predicted molar refractivity (Wildman–Crippen MR) is 129 cm³/mol. The summed E-state index contributed by atoms with van der Waals surface area (Å²) in [7, 11) is 0. The number of carbonyl (C=O) groups is 1. The van der Waals surface area contributed by atoms with Crippen molar-refractivity contribution in [2.75, 3.05) is 18.0 Å². The minimum atomic E-state index is -4.63. The summed E-state index contributed by atoms with van der Waals surface area (Å²) in [6.07, 6.45) is -11.0. The van der Waals surface area contributed by atoms with Gasteiger partial charge in [-0.1, -0.05) is 60.7 Å². The molecule has 1 aliphatic heterocycles. The molecule has 5 nitrogen and oxygen atoms in total. The van der Waals surface area contributed by atoms with Crippen LogP contribution in [0.2, 0.25) is 0 Å². The van der Waals surface area contributed by atoms with E-state index in [1.165, 1.54) is 23.5 Å². The first-order valence-electron chi connectivity index (χ1n) is 11.7. The Morgan fingerprint density at radius 1 is 0.895 bits per heavy atom. The van der Waals surface area contributed by atoms with E-state index in [9.17, 15) is 36.2 Å². The minimum Gasteiger partial charge on any atom is -0.371 e. The monoisotopic (exact) mass is 536 g/mol. The number of benzodiazepines with no additional fused rings is 1. The number of halogens is 6. The van der Waals surface area contributed by atoms with Crippen LogP contribution in [0.4, 0.5) is 32.0 Å². The van der Waals surface area contributed by atoms with E-state index in [1.807, 2.05) is 0 Å². The number of para-hydroxylation sites is 1. The molecule has 38 heavy (non-hydrogen) atoms. The fraction of sp³-hybridized carbons (Fsp3) is 0.259. The summed E-state index contributed by atoms with van der Waals surface area (Å²) >= 11 is 0. The molecule has 2 atom stereocenters. The lowest BCUT2D eigenvalue weighted by molar-refractivity contribution is -0.571. The Morgan fingerprint density at radius 2 is 1.53 bits per heavy atom. The van der Waals surface area contributed by atoms with Crippen LogP contribution in [-0.2, 0) is 17.4 Å². The van der Waals surface area contributed by atoms with Crippen molar-refractivity contribution in [3.63, 3.8) is 0 Å². The van der Waals surface area contributed by atoms with Crippen LogP contribution in [0, 0.1) is 0 Å². The largest absolute Gasteiger partial charge is 0.416 e. The van der Waals surface area contributed by atoms with Crippen LogP contribution in [0.15, 0.2) is 83.9 Å². The number of hydrogen-bond acceptors (Lipinski definition) is 4. The highest BCUT2D eigenvalue weighted by atomic mass is 19.4. The van der Waals surface area contributed by atoms with Gasteiger partial charge in [0.25, 0.3) is 0 Å². The quantitative estimate of drug-likeness (QED) is 0.469. The van der Waals surface area contributed by atoms with Crippen LogP contribution in [0.5, 0.6) is 0 Å². The van der Waals surface area contributed by atoms with E-state index in [-0.39, 0.29) is 18.7 Å². The molecule has 3 N–H and O–H groups in total. The lowest BCUT2D eigenvalue weighted by atomic mass is 10.0. The molecule has 3 aromatic rings. The second kappa shape index (κ2) is 11.0. The molecule has 1 heterocycles. The highest BCUT2D eigenvalue weighted by molar-refractivity contribution is 6.16. The van der Waals surface area contributed by atoms with Crippen molar-refractivity contribution in [1.29, 1.82) is 0 Å². The number of aliphatic imine (C=N–C) groups is 1. The first kappa shape index (κ1) is 27.3. The average Bonchev–Trinajstić information content (AvgIpc) is 2.97. The summed E-state index contributed by atoms with van der Waals surface area (Å²) in [6.45, 7) is -1.61. The van der Waals surface area contributed by atoms with Gasteiger partial charge in [-0.05, 0) is 23.8 Å². The van der Waals surface area contributed by atoms with Crippen molar-refractivity contribution in [2.45, 2.75) is 31.0 Å². The van der Waals surface area contributed by atoms with Gasteiger partial charge in [-0.2, -0.15) is 26.3 Å². The van der Waals surface area contributed by atoms with Crippen molar-refractivity contribution in [3.8, 4) is 0 Å². The molecular formula is C27H24F6N3O2+. The van der Waals surface area contributed by atoms with E-state index in [0.717, 1.165) is 17.0 Å². The van der Waals surface area contributed by atoms with Gasteiger partial charge in [0, 0.05) is 16.8 Å². The Kier molecular flexibility index (Phi) is 7.89. The van der Waals surface area contributed by atoms with E-state index in [1.54, 1.807) is 48.5 Å². The molecule has 3 aromatic carbocycles. The maximum Gasteiger partial charge on any atom is 0.416 e. The molecule has 0 spiro atoms. The lowest BCUT2D eigenvalue weighted by Crippen LogP contribution is -2.91. The molecule has 0 bridgehead atoms. The Morgan fingerprint density at radius 3 is 2.16 bits per heavy atom. The number of carbonyl (C=O) groups excluding carboxylic acids is 1. The molecule has 0 saturated carbocycles. The van der Waals surface area contributed by atoms with E-state index in [2.05, 4.69) is 4.99 Å². The first-order valence-corrected chi connectivity index (χ1v) is 11.7. The zero-order chi connectivity index (χ0) is 27.5. The first-order chi connectivity index (χ1) is 17.9. The van der Waals surface area contributed by atoms with Gasteiger partial charge in [0.05, 0.1) is 17.7 Å². The number of alkyl halides is 6. The summed E-state index contributed by atoms with van der Waals surface area (Å²) < 4.78 is 78.9. The summed E-state index contributed by atoms with van der Waals surface area (Å²) in [5.74, 6) is -0.461. The van der Waals surface area contributed by atoms with E-state index >= 15 is 0 Å². The third kappa shape index (κ3) is 6.59. The Hall–Kier alpha value is -3.70. The van der Waals surface area contributed by atoms with E-state index in [4.69, 9.17) is 0 Å². The number of fused-ring (bicyclic) bond motifs is 1. The number of primary amides is 1. The van der Waals surface area contributed by atoms with Crippen molar-refractivity contribution >= 4 is 17.3 Å². The SMILES string of the molecule is O=C(Cc1ccc(C(F)(F)F)cc1)[NH2+]C[C@@H]1N=C(c2ccccc2)c2ccccc2N(CC(F)(F)F)C1O. The molecular weight excluding hydrogens is 512 g/mol. The number of nitrogens with two attached hydrogens (primary N) is 1. The smallest absolute Gasteiger partial charge is 0.371 e. The lowest BCUT2D eigenvalue weighted by Gasteiger charge is -2.32. The number of nitrogens with zero attached hydrogens (tertiary/aromatic N) is 2. The second-order valence-corrected chi connectivity index (χ2v) is 8.86. The normalized spacial score (nSPS) is 18.0. The zero-order valence-electron chi connectivity index (χ0n) is 19.9. The van der Waals surface area contributed by atoms with Gasteiger partial charge < -0.3 is 10.0 Å². The average molecular weight is 536 g/mol. The maximum absolute atomic E-state index is 13.5. The number of rotatable bonds is 6. The van der Waals surface area contributed by atoms with Crippen LogP contribution >= 0.6 is 0 Å². The zero-order valence-corrected chi connectivity index (χ0v) is 19.9. The molecule has 11 heteroatoms. The molecule has 200 valence electrons. The topological polar surface area (TPSA) is 69.5 Å². The summed E-state index contributed by atoms with van der Waals surface area (Å²) in [5.41, 5.74) is 1.06. The highest BCUT2D eigenvalue weighted by Gasteiger charge is 2.40. The van der Waals surface area contributed by atoms with Crippen LogP contribution in [0.1, 0.15) is 22.3 Å². The molecule has 0 aliphatic carbocycles. The predicted octanol–water partition coefficient (Wildman–Crippen LogP) is 3.94. The van der Waals surface area contributed by atoms with Gasteiger partial charge in [-0.15, -0.1) is 0 Å². The van der Waals surface area contributed by atoms with Crippen molar-refractivity contribution in [2.24, 2.45) is 4.99 Å². The van der Waals surface area contributed by atoms with Crippen LogP contribution < -0.4 is 10.2 Å². The van der Waals surface area contributed by atoms with E-state index < -0.39 is 42.6 Å². The van der Waals surface area contributed by atoms with Gasteiger partial charge in [0.15, 0.2) is 6.23 Å². The van der Waals surface area contributed by atoms with Crippen molar-refractivity contribution < 1.29 is 41.6 Å². The standard InChI is InChI=1S/C27H23F6N3O2/c28-26(29,30)16-36-22-9-5-4-8-20(22)24(18-6-2-1-3-7-18)35-21(25(36)38)15-34-23(37)14-17-10-12-19(13-11-17)27(31,32)33/h1-13,21,25,38H,14-16H2,(H,34,37)/p+1/t21-,25?/m0/s1. The van der Waals surface area contributed by atoms with Gasteiger partial charge >= 0.3 is 18.3 Å². The van der Waals surface area contributed by atoms with Crippen molar-refractivity contribution in [3.05, 3.63) is 101 Å². The highest BCUT2D eigenvalue weighted by Crippen LogP contribution is 2.33. The third-order valence-electron chi connectivity index (χ3n) is 6.07. The Bertz CT molecular complexity index is 1290. The second-order valence-electron chi connectivity index (χ2n) is 8.86. The van der Waals surface area contributed by atoms with E-state index in [0.29, 0.717) is 22.4 Å². The fourth-order valence-corrected chi connectivity index (χ4v) is 4.29. The molecule has 1 aliphatic rings. The fourth-order valence-electron chi connectivity index (χ4n) is 4.29. The number of aliphatic hydroxyl groups excluding tert-OH is 1. The molecule has 4 rings (SSSR count). The van der Waals surface area contributed by atoms with Gasteiger partial charge in [0.2, 0.25) is 0 Å². The molecule has 1 unspecified atom stereocenters. The number of quaternary nitrogens is 1. The minimum absolute atomic E-state index is 0.151. The maximum atomic E-state index is 13.5. The van der Waals surface area contributed by atoms with Gasteiger partial charge in [-0.3, -0.25) is 10.3 Å². The van der Waals surface area contributed by atoms with Crippen molar-refractivity contribution in [1.82, 2.24) is 0 Å². The molecule has 0 radical (unpaired) electrons. The number of aliphatic hydroxyl groups is 1. The summed E-state index contributed by atoms with van der Waals surface area (Å²) in [6, 6.07) is 18.1. The number of amides is 1. The van der Waals surface area contributed by atoms with Crippen LogP contribution in [-0.4, -0.2) is 48.3 Å². The summed E-state index contributed by atoms with van der Waals surface area (Å²) in [4.78, 5) is 18.1. The third-order valence-corrected chi connectivity index (χ3v) is 6.07. The molecule has 0 saturated heterocycles. The number of benzene rings is 3. The Balaban J connectivity index is 1.60. The Labute approximate surface area is 214 Å². The number of anilines is 1. The summed E-state index contributed by atoms with van der Waals surface area (Å²) in [5, 5.41) is 12.3. The van der Waals surface area contributed by atoms with Gasteiger partial charge in [0.1, 0.15) is 19.1 Å². The molecule has 0 fully saturated rings.